The van der Waals surface area contributed by atoms with Gasteiger partial charge in [-0.2, -0.15) is 0 Å². The van der Waals surface area contributed by atoms with Crippen molar-refractivity contribution in [2.45, 2.75) is 39.5 Å². The lowest BCUT2D eigenvalue weighted by Crippen LogP contribution is -1.93. The van der Waals surface area contributed by atoms with Crippen molar-refractivity contribution in [3.05, 3.63) is 65.7 Å². The molecule has 0 bridgehead atoms. The van der Waals surface area contributed by atoms with Gasteiger partial charge in [0.2, 0.25) is 0 Å². The van der Waals surface area contributed by atoms with Crippen molar-refractivity contribution in [1.29, 1.82) is 0 Å². The van der Waals surface area contributed by atoms with Crippen LogP contribution in [0.25, 0.3) is 0 Å². The lowest BCUT2D eigenvalue weighted by Gasteiger charge is -2.01. The molecule has 0 saturated heterocycles. The second kappa shape index (κ2) is 12.4. The minimum atomic E-state index is 0.197. The number of hydrogen-bond acceptors (Lipinski definition) is 3. The first kappa shape index (κ1) is 20.9. The first-order valence-corrected chi connectivity index (χ1v) is 7.76. The Labute approximate surface area is 139 Å². The number of carbonyl (C=O) groups excluding carboxylic acids is 1. The largest absolute Gasteiger partial charge is 0.508 e. The summed E-state index contributed by atoms with van der Waals surface area (Å²) in [6.45, 7) is 5.99. The molecule has 2 rings (SSSR count). The molecule has 0 spiro atoms. The van der Waals surface area contributed by atoms with Crippen LogP contribution in [0.5, 0.6) is 5.75 Å². The first-order valence-electron chi connectivity index (χ1n) is 7.76. The molecule has 0 aliphatic heterocycles. The van der Waals surface area contributed by atoms with E-state index in [9.17, 15) is 4.79 Å². The van der Waals surface area contributed by atoms with Gasteiger partial charge in [-0.3, -0.25) is 0 Å². The van der Waals surface area contributed by atoms with Crippen molar-refractivity contribution in [3.63, 3.8) is 0 Å². The molecule has 2 aromatic carbocycles. The third kappa shape index (κ3) is 10.3. The molecule has 0 saturated carbocycles. The van der Waals surface area contributed by atoms with Crippen molar-refractivity contribution < 1.29 is 15.0 Å². The second-order valence-electron chi connectivity index (χ2n) is 5.43. The number of aromatic hydroxyl groups is 1. The van der Waals surface area contributed by atoms with Crippen molar-refractivity contribution in [1.82, 2.24) is 0 Å². The van der Waals surface area contributed by atoms with Crippen LogP contribution in [0.1, 0.15) is 44.2 Å². The molecule has 23 heavy (non-hydrogen) atoms. The Bertz CT molecular complexity index is 531. The molecule has 0 radical (unpaired) electrons. The fourth-order valence-electron chi connectivity index (χ4n) is 1.82. The second-order valence-corrected chi connectivity index (χ2v) is 5.43. The van der Waals surface area contributed by atoms with Crippen molar-refractivity contribution in [3.8, 4) is 5.75 Å². The molecular formula is C20H28O3. The normalized spacial score (nSPS) is 9.30. The Morgan fingerprint density at radius 2 is 1.48 bits per heavy atom. The predicted octanol–water partition coefficient (Wildman–Crippen LogP) is 4.33. The van der Waals surface area contributed by atoms with Gasteiger partial charge in [0.15, 0.2) is 0 Å². The van der Waals surface area contributed by atoms with Crippen LogP contribution in [-0.2, 0) is 11.2 Å². The minimum absolute atomic E-state index is 0.197. The van der Waals surface area contributed by atoms with Gasteiger partial charge in [-0.05, 0) is 42.5 Å². The number of carbonyl (C=O) groups is 1. The highest BCUT2D eigenvalue weighted by molar-refractivity contribution is 5.75. The Kier molecular flexibility index (Phi) is 11.3. The van der Waals surface area contributed by atoms with E-state index in [1.165, 1.54) is 5.56 Å². The summed E-state index contributed by atoms with van der Waals surface area (Å²) in [5, 5.41) is 16.0. The fourth-order valence-corrected chi connectivity index (χ4v) is 1.82. The van der Waals surface area contributed by atoms with Gasteiger partial charge < -0.3 is 15.0 Å². The SMILES string of the molecule is CC(=O)CCc1ccc(O)cc1.CC(C)c1ccccc1.CO. The highest BCUT2D eigenvalue weighted by Crippen LogP contribution is 2.12. The van der Waals surface area contributed by atoms with Crippen LogP contribution < -0.4 is 0 Å². The van der Waals surface area contributed by atoms with Crippen LogP contribution in [0, 0.1) is 0 Å². The number of phenols is 1. The molecule has 0 atom stereocenters. The van der Waals surface area contributed by atoms with Crippen LogP contribution in [0.4, 0.5) is 0 Å². The van der Waals surface area contributed by atoms with E-state index in [-0.39, 0.29) is 11.5 Å². The Balaban J connectivity index is 0.000000392. The van der Waals surface area contributed by atoms with Crippen molar-refractivity contribution >= 4 is 5.78 Å². The van der Waals surface area contributed by atoms with E-state index in [1.807, 2.05) is 18.2 Å². The molecule has 0 fully saturated rings. The maximum atomic E-state index is 10.6. The van der Waals surface area contributed by atoms with Crippen LogP contribution in [0.15, 0.2) is 54.6 Å². The molecule has 0 unspecified atom stereocenters. The standard InChI is InChI=1S/C10H12O2.C9H12.CH4O/c1-8(11)2-3-9-4-6-10(12)7-5-9;1-8(2)9-6-4-3-5-7-9;1-2/h4-7,12H,2-3H2,1H3;3-8H,1-2H3;2H,1H3. The molecular weight excluding hydrogens is 288 g/mol. The lowest BCUT2D eigenvalue weighted by atomic mass is 10.0. The maximum Gasteiger partial charge on any atom is 0.130 e. The average Bonchev–Trinajstić information content (AvgIpc) is 2.57. The summed E-state index contributed by atoms with van der Waals surface area (Å²) < 4.78 is 0. The van der Waals surface area contributed by atoms with E-state index in [1.54, 1.807) is 19.1 Å². The summed E-state index contributed by atoms with van der Waals surface area (Å²) in [4.78, 5) is 10.6. The van der Waals surface area contributed by atoms with Gasteiger partial charge in [0.1, 0.15) is 11.5 Å². The monoisotopic (exact) mass is 316 g/mol. The molecule has 0 aromatic heterocycles. The Morgan fingerprint density at radius 3 is 1.87 bits per heavy atom. The molecule has 0 aliphatic carbocycles. The number of ketones is 1. The summed E-state index contributed by atoms with van der Waals surface area (Å²) in [5.41, 5.74) is 2.50. The Morgan fingerprint density at radius 1 is 0.957 bits per heavy atom. The summed E-state index contributed by atoms with van der Waals surface area (Å²) in [6.07, 6.45) is 1.33. The summed E-state index contributed by atoms with van der Waals surface area (Å²) in [6, 6.07) is 17.5. The van der Waals surface area contributed by atoms with Gasteiger partial charge in [-0.1, -0.05) is 56.3 Å². The fraction of sp³-hybridized carbons (Fsp3) is 0.350. The number of benzene rings is 2. The summed E-state index contributed by atoms with van der Waals surface area (Å²) >= 11 is 0. The van der Waals surface area contributed by atoms with E-state index in [4.69, 9.17) is 10.2 Å². The van der Waals surface area contributed by atoms with Crippen molar-refractivity contribution in [2.24, 2.45) is 0 Å². The molecule has 3 nitrogen and oxygen atoms in total. The number of Topliss-reactive ketones (excluding diaryl/α,β-unsaturated/α-hetero) is 1. The van der Waals surface area contributed by atoms with Crippen LogP contribution in [0.2, 0.25) is 0 Å². The first-order chi connectivity index (χ1) is 11.0. The van der Waals surface area contributed by atoms with Gasteiger partial charge in [0, 0.05) is 13.5 Å². The third-order valence-electron chi connectivity index (χ3n) is 3.17. The molecule has 3 heteroatoms. The number of phenolic OH excluding ortho intramolecular Hbond substituents is 1. The predicted molar refractivity (Wildman–Crippen MR) is 95.8 cm³/mol. The van der Waals surface area contributed by atoms with Gasteiger partial charge in [-0.25, -0.2) is 0 Å². The minimum Gasteiger partial charge on any atom is -0.508 e. The number of aliphatic hydroxyl groups excluding tert-OH is 1. The summed E-state index contributed by atoms with van der Waals surface area (Å²) in [5.74, 6) is 1.12. The van der Waals surface area contributed by atoms with Gasteiger partial charge >= 0.3 is 0 Å². The van der Waals surface area contributed by atoms with Gasteiger partial charge in [0.25, 0.3) is 0 Å². The number of aryl methyl sites for hydroxylation is 1. The highest BCUT2D eigenvalue weighted by Gasteiger charge is 1.96. The number of rotatable bonds is 4. The van der Waals surface area contributed by atoms with Crippen LogP contribution in [-0.4, -0.2) is 23.1 Å². The lowest BCUT2D eigenvalue weighted by molar-refractivity contribution is -0.116. The van der Waals surface area contributed by atoms with Gasteiger partial charge in [0.05, 0.1) is 0 Å². The molecule has 0 amide bonds. The zero-order valence-electron chi connectivity index (χ0n) is 14.5. The van der Waals surface area contributed by atoms with E-state index in [0.717, 1.165) is 19.1 Å². The maximum absolute atomic E-state index is 10.6. The Hall–Kier alpha value is -2.13. The van der Waals surface area contributed by atoms with Crippen molar-refractivity contribution in [2.75, 3.05) is 7.11 Å². The molecule has 2 aromatic rings. The number of aliphatic hydroxyl groups is 1. The van der Waals surface area contributed by atoms with Crippen LogP contribution in [0.3, 0.4) is 0 Å². The van der Waals surface area contributed by atoms with Gasteiger partial charge in [-0.15, -0.1) is 0 Å². The van der Waals surface area contributed by atoms with Crippen LogP contribution >= 0.6 is 0 Å². The molecule has 0 heterocycles. The molecule has 0 aliphatic rings. The zero-order valence-corrected chi connectivity index (χ0v) is 14.5. The van der Waals surface area contributed by atoms with E-state index < -0.39 is 0 Å². The third-order valence-corrected chi connectivity index (χ3v) is 3.17. The topological polar surface area (TPSA) is 57.5 Å². The number of hydrogen-bond donors (Lipinski definition) is 2. The summed E-state index contributed by atoms with van der Waals surface area (Å²) in [7, 11) is 1.00. The smallest absolute Gasteiger partial charge is 0.130 e. The van der Waals surface area contributed by atoms with E-state index in [2.05, 4.69) is 38.1 Å². The van der Waals surface area contributed by atoms with E-state index >= 15 is 0 Å². The molecule has 2 N–H and O–H groups in total. The zero-order chi connectivity index (χ0) is 17.7. The quantitative estimate of drug-likeness (QED) is 0.882. The van der Waals surface area contributed by atoms with E-state index in [0.29, 0.717) is 12.3 Å². The average molecular weight is 316 g/mol. The highest BCUT2D eigenvalue weighted by atomic mass is 16.3. The molecule has 126 valence electrons.